The lowest BCUT2D eigenvalue weighted by Gasteiger charge is -2.53. The first kappa shape index (κ1) is 16.4. The van der Waals surface area contributed by atoms with Crippen molar-refractivity contribution in [1.82, 2.24) is 9.13 Å². The Morgan fingerprint density at radius 1 is 1.28 bits per heavy atom. The highest BCUT2D eigenvalue weighted by molar-refractivity contribution is 5.78. The number of fused-ring (bicyclic) bond motifs is 2. The van der Waals surface area contributed by atoms with Crippen molar-refractivity contribution in [3.8, 4) is 0 Å². The molecule has 1 aliphatic heterocycles. The van der Waals surface area contributed by atoms with Gasteiger partial charge in [0.25, 0.3) is 0 Å². The van der Waals surface area contributed by atoms with E-state index in [1.165, 1.54) is 4.57 Å². The Bertz CT molecular complexity index is 879. The number of carbonyl (C=O) groups is 1. The number of aryl methyl sites for hydroxylation is 1. The molecule has 1 saturated heterocycles. The first-order valence-corrected chi connectivity index (χ1v) is 8.94. The molecule has 2 aliphatic rings. The molecule has 1 saturated carbocycles. The van der Waals surface area contributed by atoms with Crippen LogP contribution in [-0.2, 0) is 27.4 Å². The number of rotatable bonds is 4. The average Bonchev–Trinajstić information content (AvgIpc) is 3.15. The van der Waals surface area contributed by atoms with E-state index in [9.17, 15) is 9.59 Å². The summed E-state index contributed by atoms with van der Waals surface area (Å²) in [6.07, 6.45) is 0.971. The zero-order valence-electron chi connectivity index (χ0n) is 14.9. The number of ether oxygens (including phenoxy) is 2. The Kier molecular flexibility index (Phi) is 3.76. The first-order chi connectivity index (χ1) is 11.9. The van der Waals surface area contributed by atoms with Crippen LogP contribution in [0.1, 0.15) is 27.2 Å². The van der Waals surface area contributed by atoms with Crippen LogP contribution in [0.15, 0.2) is 29.1 Å². The van der Waals surface area contributed by atoms with Crippen molar-refractivity contribution in [1.29, 1.82) is 0 Å². The van der Waals surface area contributed by atoms with Gasteiger partial charge < -0.3 is 9.47 Å². The Balaban J connectivity index is 1.57. The van der Waals surface area contributed by atoms with E-state index in [0.29, 0.717) is 6.54 Å². The maximum atomic E-state index is 12.6. The van der Waals surface area contributed by atoms with E-state index in [0.717, 1.165) is 24.1 Å². The topological polar surface area (TPSA) is 62.5 Å². The van der Waals surface area contributed by atoms with E-state index in [2.05, 4.69) is 13.8 Å². The zero-order chi connectivity index (χ0) is 17.8. The second-order valence-electron chi connectivity index (χ2n) is 7.58. The number of hydrogen-bond donors (Lipinski definition) is 0. The number of esters is 1. The Morgan fingerprint density at radius 2 is 1.96 bits per heavy atom. The first-order valence-electron chi connectivity index (χ1n) is 8.94. The second kappa shape index (κ2) is 5.73. The summed E-state index contributed by atoms with van der Waals surface area (Å²) in [6.45, 7) is 7.32. The predicted octanol–water partition coefficient (Wildman–Crippen LogP) is 2.18. The van der Waals surface area contributed by atoms with Gasteiger partial charge in [0.1, 0.15) is 12.6 Å². The van der Waals surface area contributed by atoms with E-state index in [4.69, 9.17) is 9.47 Å². The molecule has 0 N–H and O–H groups in total. The summed E-state index contributed by atoms with van der Waals surface area (Å²) in [4.78, 5) is 25.2. The van der Waals surface area contributed by atoms with Gasteiger partial charge >= 0.3 is 11.7 Å². The molecular formula is C19H24N2O4. The lowest BCUT2D eigenvalue weighted by Crippen LogP contribution is -2.61. The van der Waals surface area contributed by atoms with Crippen LogP contribution in [-0.4, -0.2) is 33.9 Å². The SMILES string of the molecule is CCn1c(=O)n(CC(=O)OC2C3CCOC3C2(C)C)c2ccccc21. The van der Waals surface area contributed by atoms with E-state index >= 15 is 0 Å². The fraction of sp³-hybridized carbons (Fsp3) is 0.579. The van der Waals surface area contributed by atoms with Gasteiger partial charge in [0.15, 0.2) is 0 Å². The molecule has 25 heavy (non-hydrogen) atoms. The molecule has 1 aliphatic carbocycles. The van der Waals surface area contributed by atoms with Gasteiger partial charge in [-0.15, -0.1) is 0 Å². The molecule has 0 spiro atoms. The minimum Gasteiger partial charge on any atom is -0.460 e. The Hall–Kier alpha value is -2.08. The van der Waals surface area contributed by atoms with Crippen LogP contribution < -0.4 is 5.69 Å². The Labute approximate surface area is 146 Å². The van der Waals surface area contributed by atoms with Crippen LogP contribution in [0.25, 0.3) is 11.0 Å². The van der Waals surface area contributed by atoms with Crippen LogP contribution in [0.3, 0.4) is 0 Å². The van der Waals surface area contributed by atoms with Gasteiger partial charge in [0, 0.05) is 24.5 Å². The lowest BCUT2D eigenvalue weighted by molar-refractivity contribution is -0.210. The third kappa shape index (κ3) is 2.34. The van der Waals surface area contributed by atoms with Crippen LogP contribution >= 0.6 is 0 Å². The fourth-order valence-corrected chi connectivity index (χ4v) is 4.56. The number of hydrogen-bond acceptors (Lipinski definition) is 4. The fourth-order valence-electron chi connectivity index (χ4n) is 4.56. The molecule has 3 unspecified atom stereocenters. The van der Waals surface area contributed by atoms with Crippen molar-refractivity contribution in [3.63, 3.8) is 0 Å². The van der Waals surface area contributed by atoms with E-state index in [1.54, 1.807) is 4.57 Å². The molecule has 1 aromatic carbocycles. The molecule has 2 fully saturated rings. The molecule has 2 aromatic rings. The van der Waals surface area contributed by atoms with Gasteiger partial charge in [-0.1, -0.05) is 26.0 Å². The van der Waals surface area contributed by atoms with Crippen molar-refractivity contribution in [2.75, 3.05) is 6.61 Å². The van der Waals surface area contributed by atoms with Crippen molar-refractivity contribution >= 4 is 17.0 Å². The van der Waals surface area contributed by atoms with E-state index in [-0.39, 0.29) is 41.7 Å². The van der Waals surface area contributed by atoms with Gasteiger partial charge in [-0.2, -0.15) is 0 Å². The van der Waals surface area contributed by atoms with Crippen LogP contribution in [0.5, 0.6) is 0 Å². The van der Waals surface area contributed by atoms with Gasteiger partial charge in [0.05, 0.1) is 17.1 Å². The molecule has 1 aromatic heterocycles. The van der Waals surface area contributed by atoms with Crippen LogP contribution in [0.4, 0.5) is 0 Å². The number of nitrogens with zero attached hydrogens (tertiary/aromatic N) is 2. The molecule has 6 heteroatoms. The van der Waals surface area contributed by atoms with E-state index in [1.807, 2.05) is 31.2 Å². The quantitative estimate of drug-likeness (QED) is 0.798. The Morgan fingerprint density at radius 3 is 2.64 bits per heavy atom. The third-order valence-electron chi connectivity index (χ3n) is 5.78. The van der Waals surface area contributed by atoms with Crippen molar-refractivity contribution in [3.05, 3.63) is 34.7 Å². The predicted molar refractivity (Wildman–Crippen MR) is 93.4 cm³/mol. The third-order valence-corrected chi connectivity index (χ3v) is 5.78. The van der Waals surface area contributed by atoms with Crippen LogP contribution in [0.2, 0.25) is 0 Å². The molecule has 2 heterocycles. The zero-order valence-corrected chi connectivity index (χ0v) is 14.9. The summed E-state index contributed by atoms with van der Waals surface area (Å²) in [5.41, 5.74) is 1.27. The van der Waals surface area contributed by atoms with Crippen LogP contribution in [0, 0.1) is 11.3 Å². The standard InChI is InChI=1S/C19H24N2O4/c1-4-20-13-7-5-6-8-14(13)21(18(20)23)11-15(22)25-17-12-9-10-24-16(12)19(17,2)3/h5-8,12,16-17H,4,9-11H2,1-3H3. The average molecular weight is 344 g/mol. The monoisotopic (exact) mass is 344 g/mol. The van der Waals surface area contributed by atoms with Gasteiger partial charge in [0.2, 0.25) is 0 Å². The minimum atomic E-state index is -0.357. The summed E-state index contributed by atoms with van der Waals surface area (Å²) in [7, 11) is 0. The molecular weight excluding hydrogens is 320 g/mol. The largest absolute Gasteiger partial charge is 0.460 e. The number of para-hydroxylation sites is 2. The summed E-state index contributed by atoms with van der Waals surface area (Å²) >= 11 is 0. The van der Waals surface area contributed by atoms with Crippen molar-refractivity contribution < 1.29 is 14.3 Å². The smallest absolute Gasteiger partial charge is 0.329 e. The summed E-state index contributed by atoms with van der Waals surface area (Å²) in [6, 6.07) is 7.54. The number of carbonyl (C=O) groups excluding carboxylic acids is 1. The van der Waals surface area contributed by atoms with Crippen molar-refractivity contribution in [2.24, 2.45) is 11.3 Å². The lowest BCUT2D eigenvalue weighted by atomic mass is 9.59. The van der Waals surface area contributed by atoms with Gasteiger partial charge in [-0.25, -0.2) is 4.79 Å². The molecule has 0 amide bonds. The second-order valence-corrected chi connectivity index (χ2v) is 7.58. The van der Waals surface area contributed by atoms with E-state index < -0.39 is 0 Å². The molecule has 0 radical (unpaired) electrons. The minimum absolute atomic E-state index is 0.0584. The molecule has 4 rings (SSSR count). The highest BCUT2D eigenvalue weighted by atomic mass is 16.6. The highest BCUT2D eigenvalue weighted by Crippen LogP contribution is 2.53. The number of benzene rings is 1. The maximum Gasteiger partial charge on any atom is 0.329 e. The molecule has 0 bridgehead atoms. The molecule has 3 atom stereocenters. The molecule has 134 valence electrons. The normalized spacial score (nSPS) is 27.1. The highest BCUT2D eigenvalue weighted by Gasteiger charge is 2.61. The van der Waals surface area contributed by atoms with Gasteiger partial charge in [-0.05, 0) is 25.5 Å². The number of imidazole rings is 1. The number of aromatic nitrogens is 2. The summed E-state index contributed by atoms with van der Waals surface area (Å²) in [5.74, 6) is -0.0720. The van der Waals surface area contributed by atoms with Gasteiger partial charge in [-0.3, -0.25) is 13.9 Å². The summed E-state index contributed by atoms with van der Waals surface area (Å²) in [5, 5.41) is 0. The van der Waals surface area contributed by atoms with Crippen molar-refractivity contribution in [2.45, 2.75) is 52.5 Å². The summed E-state index contributed by atoms with van der Waals surface area (Å²) < 4.78 is 14.7. The molecule has 6 nitrogen and oxygen atoms in total. The maximum absolute atomic E-state index is 12.6.